The summed E-state index contributed by atoms with van der Waals surface area (Å²) in [6.45, 7) is 12.2. The topological polar surface area (TPSA) is 70.1 Å². The minimum absolute atomic E-state index is 0.0618. The van der Waals surface area contributed by atoms with Crippen molar-refractivity contribution < 1.29 is 19.4 Å². The minimum Gasteiger partial charge on any atom is -0.481 e. The second kappa shape index (κ2) is 7.31. The van der Waals surface area contributed by atoms with Crippen LogP contribution in [0.15, 0.2) is 0 Å². The number of hydrogen-bond acceptors (Lipinski definition) is 4. The van der Waals surface area contributed by atoms with Crippen LogP contribution in [-0.4, -0.2) is 64.3 Å². The molecule has 0 atom stereocenters. The SMILES string of the molecule is CCCN(CCC)C1(CC(=O)O)CN(C(=O)OC(C)(C)C)C1. The predicted molar refractivity (Wildman–Crippen MR) is 84.9 cm³/mol. The summed E-state index contributed by atoms with van der Waals surface area (Å²) in [7, 11) is 0. The van der Waals surface area contributed by atoms with E-state index in [4.69, 9.17) is 4.74 Å². The number of carboxylic acid groups (broad SMARTS) is 1. The molecule has 0 aromatic rings. The van der Waals surface area contributed by atoms with Crippen LogP contribution >= 0.6 is 0 Å². The van der Waals surface area contributed by atoms with Crippen molar-refractivity contribution in [2.24, 2.45) is 0 Å². The quantitative estimate of drug-likeness (QED) is 0.782. The van der Waals surface area contributed by atoms with Gasteiger partial charge < -0.3 is 14.7 Å². The molecule has 1 heterocycles. The van der Waals surface area contributed by atoms with Gasteiger partial charge in [0.05, 0.1) is 12.0 Å². The first kappa shape index (κ1) is 18.7. The van der Waals surface area contributed by atoms with Gasteiger partial charge in [-0.3, -0.25) is 9.69 Å². The molecule has 1 aliphatic rings. The van der Waals surface area contributed by atoms with Gasteiger partial charge in [0.1, 0.15) is 5.60 Å². The van der Waals surface area contributed by atoms with E-state index in [9.17, 15) is 14.7 Å². The van der Waals surface area contributed by atoms with Crippen LogP contribution in [0.2, 0.25) is 0 Å². The lowest BCUT2D eigenvalue weighted by Gasteiger charge is -2.55. The summed E-state index contributed by atoms with van der Waals surface area (Å²) >= 11 is 0. The molecule has 1 aliphatic heterocycles. The van der Waals surface area contributed by atoms with Crippen LogP contribution in [0.4, 0.5) is 4.79 Å². The van der Waals surface area contributed by atoms with Gasteiger partial charge in [0.2, 0.25) is 0 Å². The number of carbonyl (C=O) groups is 2. The molecule has 0 saturated carbocycles. The highest BCUT2D eigenvalue weighted by molar-refractivity contribution is 5.73. The largest absolute Gasteiger partial charge is 0.481 e. The Morgan fingerprint density at radius 1 is 1.18 bits per heavy atom. The second-order valence-electron chi connectivity index (χ2n) is 7.12. The van der Waals surface area contributed by atoms with E-state index in [1.165, 1.54) is 0 Å². The predicted octanol–water partition coefficient (Wildman–Crippen LogP) is 2.57. The molecule has 22 heavy (non-hydrogen) atoms. The number of carboxylic acids is 1. The molecule has 128 valence electrons. The van der Waals surface area contributed by atoms with Gasteiger partial charge in [-0.25, -0.2) is 4.79 Å². The van der Waals surface area contributed by atoms with Gasteiger partial charge in [-0.15, -0.1) is 0 Å². The molecule has 0 unspecified atom stereocenters. The molecule has 0 aromatic carbocycles. The van der Waals surface area contributed by atoms with Crippen molar-refractivity contribution >= 4 is 12.1 Å². The molecule has 0 radical (unpaired) electrons. The molecule has 6 nitrogen and oxygen atoms in total. The van der Waals surface area contributed by atoms with Crippen LogP contribution in [0.1, 0.15) is 53.9 Å². The normalized spacial score (nSPS) is 17.3. The molecule has 1 saturated heterocycles. The van der Waals surface area contributed by atoms with E-state index >= 15 is 0 Å². The highest BCUT2D eigenvalue weighted by Crippen LogP contribution is 2.33. The molecule has 1 rings (SSSR count). The van der Waals surface area contributed by atoms with E-state index in [0.717, 1.165) is 25.9 Å². The van der Waals surface area contributed by atoms with Gasteiger partial charge in [0.15, 0.2) is 0 Å². The number of aliphatic carboxylic acids is 1. The summed E-state index contributed by atoms with van der Waals surface area (Å²) in [6.07, 6.45) is 1.63. The third-order valence-electron chi connectivity index (χ3n) is 3.76. The number of amides is 1. The average molecular weight is 314 g/mol. The number of nitrogens with zero attached hydrogens (tertiary/aromatic N) is 2. The lowest BCUT2D eigenvalue weighted by Crippen LogP contribution is -2.72. The maximum Gasteiger partial charge on any atom is 0.410 e. The number of carbonyl (C=O) groups excluding carboxylic acids is 1. The van der Waals surface area contributed by atoms with Crippen LogP contribution < -0.4 is 0 Å². The zero-order valence-corrected chi connectivity index (χ0v) is 14.5. The Kier molecular flexibility index (Phi) is 6.23. The van der Waals surface area contributed by atoms with Gasteiger partial charge >= 0.3 is 12.1 Å². The molecule has 1 amide bonds. The summed E-state index contributed by atoms with van der Waals surface area (Å²) in [6, 6.07) is 0. The first-order chi connectivity index (χ1) is 10.1. The Balaban J connectivity index is 2.77. The summed E-state index contributed by atoms with van der Waals surface area (Å²) in [4.78, 5) is 27.2. The maximum atomic E-state index is 12.1. The van der Waals surface area contributed by atoms with E-state index in [2.05, 4.69) is 18.7 Å². The summed E-state index contributed by atoms with van der Waals surface area (Å²) in [5.74, 6) is -0.818. The van der Waals surface area contributed by atoms with Crippen LogP contribution in [0.3, 0.4) is 0 Å². The smallest absolute Gasteiger partial charge is 0.410 e. The summed E-state index contributed by atoms with van der Waals surface area (Å²) < 4.78 is 5.36. The van der Waals surface area contributed by atoms with Gasteiger partial charge in [-0.2, -0.15) is 0 Å². The molecule has 0 aliphatic carbocycles. The van der Waals surface area contributed by atoms with Crippen LogP contribution in [0.5, 0.6) is 0 Å². The third kappa shape index (κ3) is 4.87. The van der Waals surface area contributed by atoms with Crippen LogP contribution in [0.25, 0.3) is 0 Å². The molecular weight excluding hydrogens is 284 g/mol. The van der Waals surface area contributed by atoms with Gasteiger partial charge in [-0.1, -0.05) is 13.8 Å². The Bertz CT molecular complexity index is 391. The molecular formula is C16H30N2O4. The lowest BCUT2D eigenvalue weighted by molar-refractivity contribution is -0.146. The van der Waals surface area contributed by atoms with Gasteiger partial charge in [-0.05, 0) is 46.7 Å². The Labute approximate surface area is 133 Å². The van der Waals surface area contributed by atoms with E-state index in [-0.39, 0.29) is 12.5 Å². The van der Waals surface area contributed by atoms with Gasteiger partial charge in [0.25, 0.3) is 0 Å². The van der Waals surface area contributed by atoms with Crippen molar-refractivity contribution in [3.63, 3.8) is 0 Å². The fraction of sp³-hybridized carbons (Fsp3) is 0.875. The highest BCUT2D eigenvalue weighted by atomic mass is 16.6. The van der Waals surface area contributed by atoms with Crippen molar-refractivity contribution in [1.29, 1.82) is 0 Å². The highest BCUT2D eigenvalue weighted by Gasteiger charge is 2.51. The van der Waals surface area contributed by atoms with Crippen molar-refractivity contribution in [3.8, 4) is 0 Å². The van der Waals surface area contributed by atoms with E-state index in [1.54, 1.807) is 4.90 Å². The standard InChI is InChI=1S/C16H30N2O4/c1-6-8-18(9-7-2)16(10-13(19)20)11-17(12-16)14(21)22-15(3,4)5/h6-12H2,1-5H3,(H,19,20). The molecule has 6 heteroatoms. The monoisotopic (exact) mass is 314 g/mol. The summed E-state index contributed by atoms with van der Waals surface area (Å²) in [5, 5.41) is 9.25. The zero-order chi connectivity index (χ0) is 17.0. The first-order valence-corrected chi connectivity index (χ1v) is 8.08. The molecule has 1 fully saturated rings. The Morgan fingerprint density at radius 3 is 2.05 bits per heavy atom. The Morgan fingerprint density at radius 2 is 1.68 bits per heavy atom. The van der Waals surface area contributed by atoms with Gasteiger partial charge in [0, 0.05) is 13.1 Å². The van der Waals surface area contributed by atoms with Crippen molar-refractivity contribution in [1.82, 2.24) is 9.80 Å². The molecule has 0 spiro atoms. The van der Waals surface area contributed by atoms with E-state index in [0.29, 0.717) is 13.1 Å². The Hall–Kier alpha value is -1.30. The minimum atomic E-state index is -0.818. The number of likely N-dealkylation sites (tertiary alicyclic amines) is 1. The fourth-order valence-corrected chi connectivity index (χ4v) is 2.95. The maximum absolute atomic E-state index is 12.1. The van der Waals surface area contributed by atoms with E-state index < -0.39 is 17.1 Å². The fourth-order valence-electron chi connectivity index (χ4n) is 2.95. The zero-order valence-electron chi connectivity index (χ0n) is 14.5. The van der Waals surface area contributed by atoms with Crippen molar-refractivity contribution in [2.45, 2.75) is 65.0 Å². The molecule has 0 aromatic heterocycles. The summed E-state index contributed by atoms with van der Waals surface area (Å²) in [5.41, 5.74) is -0.983. The number of hydrogen-bond donors (Lipinski definition) is 1. The molecule has 1 N–H and O–H groups in total. The van der Waals surface area contributed by atoms with Crippen molar-refractivity contribution in [2.75, 3.05) is 26.2 Å². The lowest BCUT2D eigenvalue weighted by atomic mass is 9.84. The van der Waals surface area contributed by atoms with Crippen LogP contribution in [-0.2, 0) is 9.53 Å². The van der Waals surface area contributed by atoms with E-state index in [1.807, 2.05) is 20.8 Å². The van der Waals surface area contributed by atoms with Crippen molar-refractivity contribution in [3.05, 3.63) is 0 Å². The number of ether oxygens (including phenoxy) is 1. The number of rotatable bonds is 7. The molecule has 0 bridgehead atoms. The second-order valence-corrected chi connectivity index (χ2v) is 7.12. The third-order valence-corrected chi connectivity index (χ3v) is 3.76. The first-order valence-electron chi connectivity index (χ1n) is 8.08. The van der Waals surface area contributed by atoms with Crippen LogP contribution in [0, 0.1) is 0 Å². The average Bonchev–Trinajstić information content (AvgIpc) is 2.30.